The molecule has 2 aliphatic carbocycles. The number of ether oxygens (including phenoxy) is 1. The number of carbonyl (C=O) groups is 1. The summed E-state index contributed by atoms with van der Waals surface area (Å²) in [5.74, 6) is 1.95. The fraction of sp³-hybridized carbons (Fsp3) is 0.900. The summed E-state index contributed by atoms with van der Waals surface area (Å²) >= 11 is 0. The summed E-state index contributed by atoms with van der Waals surface area (Å²) in [4.78, 5) is 11.6. The fourth-order valence-corrected chi connectivity index (χ4v) is 3.35. The maximum absolute atomic E-state index is 11.6. The summed E-state index contributed by atoms with van der Waals surface area (Å²) in [5.41, 5.74) is -0.0352. The van der Waals surface area contributed by atoms with Gasteiger partial charge >= 0.3 is 0 Å². The second-order valence-electron chi connectivity index (χ2n) is 4.82. The molecule has 3 fully saturated rings. The first-order valence-electron chi connectivity index (χ1n) is 4.83. The first-order valence-corrected chi connectivity index (χ1v) is 4.83. The summed E-state index contributed by atoms with van der Waals surface area (Å²) < 4.78 is 5.55. The molecular formula is C10H14O2. The lowest BCUT2D eigenvalue weighted by molar-refractivity contribution is -0.122. The van der Waals surface area contributed by atoms with Gasteiger partial charge < -0.3 is 4.74 Å². The molecule has 12 heavy (non-hydrogen) atoms. The zero-order chi connectivity index (χ0) is 8.51. The molecule has 66 valence electrons. The van der Waals surface area contributed by atoms with E-state index in [0.717, 1.165) is 12.8 Å². The first kappa shape index (κ1) is 7.07. The van der Waals surface area contributed by atoms with Gasteiger partial charge in [0, 0.05) is 6.42 Å². The summed E-state index contributed by atoms with van der Waals surface area (Å²) in [6.45, 7) is 4.31. The predicted octanol–water partition coefficient (Wildman–Crippen LogP) is 1.39. The number of hydrogen-bond donors (Lipinski definition) is 0. The van der Waals surface area contributed by atoms with Crippen LogP contribution in [0.5, 0.6) is 0 Å². The predicted molar refractivity (Wildman–Crippen MR) is 43.7 cm³/mol. The molecule has 0 bridgehead atoms. The molecule has 2 unspecified atom stereocenters. The van der Waals surface area contributed by atoms with Crippen LogP contribution in [0.1, 0.15) is 26.7 Å². The monoisotopic (exact) mass is 166 g/mol. The Hall–Kier alpha value is -0.370. The molecule has 2 heteroatoms. The summed E-state index contributed by atoms with van der Waals surface area (Å²) in [7, 11) is 0. The largest absolute Gasteiger partial charge is 0.366 e. The number of hydrogen-bond acceptors (Lipinski definition) is 2. The second-order valence-corrected chi connectivity index (χ2v) is 4.82. The van der Waals surface area contributed by atoms with Gasteiger partial charge in [-0.1, -0.05) is 6.92 Å². The Morgan fingerprint density at radius 1 is 1.58 bits per heavy atom. The van der Waals surface area contributed by atoms with Crippen LogP contribution in [0.2, 0.25) is 0 Å². The van der Waals surface area contributed by atoms with Gasteiger partial charge in [0.2, 0.25) is 0 Å². The second kappa shape index (κ2) is 1.77. The Morgan fingerprint density at radius 2 is 2.33 bits per heavy atom. The average molecular weight is 166 g/mol. The molecule has 3 aliphatic rings. The first-order chi connectivity index (χ1) is 5.63. The Balaban J connectivity index is 1.99. The highest BCUT2D eigenvalue weighted by Gasteiger charge is 2.70. The minimum absolute atomic E-state index is 0.0352. The van der Waals surface area contributed by atoms with E-state index in [9.17, 15) is 4.79 Å². The molecule has 2 nitrogen and oxygen atoms in total. The third-order valence-electron chi connectivity index (χ3n) is 4.11. The van der Waals surface area contributed by atoms with Gasteiger partial charge in [-0.25, -0.2) is 0 Å². The van der Waals surface area contributed by atoms with Crippen molar-refractivity contribution < 1.29 is 9.53 Å². The number of fused-ring (bicyclic) bond motifs is 3. The van der Waals surface area contributed by atoms with Crippen molar-refractivity contribution in [2.75, 3.05) is 0 Å². The number of epoxide rings is 1. The van der Waals surface area contributed by atoms with Crippen molar-refractivity contribution in [3.8, 4) is 0 Å². The maximum atomic E-state index is 11.6. The number of carbonyl (C=O) groups excluding carboxylic acids is 1. The van der Waals surface area contributed by atoms with E-state index < -0.39 is 0 Å². The van der Waals surface area contributed by atoms with Gasteiger partial charge in [0.1, 0.15) is 11.4 Å². The SMILES string of the molecule is C[C@H]1CC(=O)[C@H]2[C@@H]1CC1OC12C. The molecular weight excluding hydrogens is 152 g/mol. The minimum Gasteiger partial charge on any atom is -0.366 e. The Morgan fingerprint density at radius 3 is 3.00 bits per heavy atom. The van der Waals surface area contributed by atoms with Crippen molar-refractivity contribution in [2.45, 2.75) is 38.4 Å². The van der Waals surface area contributed by atoms with Gasteiger partial charge in [-0.05, 0) is 25.2 Å². The summed E-state index contributed by atoms with van der Waals surface area (Å²) in [6, 6.07) is 0. The third-order valence-corrected chi connectivity index (χ3v) is 4.11. The molecule has 1 aliphatic heterocycles. The number of rotatable bonds is 0. The van der Waals surface area contributed by atoms with E-state index in [1.54, 1.807) is 0 Å². The van der Waals surface area contributed by atoms with Crippen molar-refractivity contribution in [1.82, 2.24) is 0 Å². The fourth-order valence-electron chi connectivity index (χ4n) is 3.35. The van der Waals surface area contributed by atoms with Crippen molar-refractivity contribution in [3.05, 3.63) is 0 Å². The third kappa shape index (κ3) is 0.598. The van der Waals surface area contributed by atoms with Crippen LogP contribution in [0.25, 0.3) is 0 Å². The topological polar surface area (TPSA) is 29.6 Å². The Bertz CT molecular complexity index is 261. The van der Waals surface area contributed by atoms with E-state index in [-0.39, 0.29) is 11.5 Å². The number of Topliss-reactive ketones (excluding diaryl/α,β-unsaturated/α-hetero) is 1. The molecule has 0 aromatic heterocycles. The molecule has 0 aromatic rings. The van der Waals surface area contributed by atoms with E-state index in [2.05, 4.69) is 13.8 Å². The zero-order valence-electron chi connectivity index (χ0n) is 7.54. The van der Waals surface area contributed by atoms with Gasteiger partial charge in [0.25, 0.3) is 0 Å². The van der Waals surface area contributed by atoms with Crippen LogP contribution < -0.4 is 0 Å². The zero-order valence-corrected chi connectivity index (χ0v) is 7.54. The molecule has 1 saturated heterocycles. The van der Waals surface area contributed by atoms with Crippen LogP contribution in [0.3, 0.4) is 0 Å². The quantitative estimate of drug-likeness (QED) is 0.509. The maximum Gasteiger partial charge on any atom is 0.139 e. The molecule has 3 rings (SSSR count). The van der Waals surface area contributed by atoms with Crippen molar-refractivity contribution >= 4 is 5.78 Å². The molecule has 0 radical (unpaired) electrons. The van der Waals surface area contributed by atoms with Crippen LogP contribution in [0.4, 0.5) is 0 Å². The minimum atomic E-state index is -0.0352. The summed E-state index contributed by atoms with van der Waals surface area (Å²) in [6.07, 6.45) is 2.34. The highest BCUT2D eigenvalue weighted by atomic mass is 16.6. The lowest BCUT2D eigenvalue weighted by Crippen LogP contribution is -2.25. The van der Waals surface area contributed by atoms with Crippen LogP contribution in [-0.4, -0.2) is 17.5 Å². The highest BCUT2D eigenvalue weighted by molar-refractivity contribution is 5.86. The summed E-state index contributed by atoms with van der Waals surface area (Å²) in [5, 5.41) is 0. The van der Waals surface area contributed by atoms with E-state index in [0.29, 0.717) is 23.7 Å². The van der Waals surface area contributed by atoms with Gasteiger partial charge in [0.15, 0.2) is 0 Å². The lowest BCUT2D eigenvalue weighted by atomic mass is 9.89. The van der Waals surface area contributed by atoms with Gasteiger partial charge in [-0.2, -0.15) is 0 Å². The van der Waals surface area contributed by atoms with Gasteiger partial charge in [-0.3, -0.25) is 4.79 Å². The lowest BCUT2D eigenvalue weighted by Gasteiger charge is -2.17. The van der Waals surface area contributed by atoms with Crippen LogP contribution in [0.15, 0.2) is 0 Å². The van der Waals surface area contributed by atoms with Crippen molar-refractivity contribution in [3.63, 3.8) is 0 Å². The van der Waals surface area contributed by atoms with E-state index in [1.165, 1.54) is 0 Å². The molecule has 2 saturated carbocycles. The average Bonchev–Trinajstić information content (AvgIpc) is 2.37. The van der Waals surface area contributed by atoms with E-state index in [4.69, 9.17) is 4.74 Å². The van der Waals surface area contributed by atoms with Crippen LogP contribution in [-0.2, 0) is 9.53 Å². The molecule has 0 spiro atoms. The van der Waals surface area contributed by atoms with E-state index >= 15 is 0 Å². The van der Waals surface area contributed by atoms with Crippen LogP contribution >= 0.6 is 0 Å². The molecule has 0 amide bonds. The van der Waals surface area contributed by atoms with E-state index in [1.807, 2.05) is 0 Å². The number of ketones is 1. The highest BCUT2D eigenvalue weighted by Crippen LogP contribution is 2.61. The normalized spacial score (nSPS) is 61.7. The molecule has 1 heterocycles. The van der Waals surface area contributed by atoms with Crippen molar-refractivity contribution in [1.29, 1.82) is 0 Å². The van der Waals surface area contributed by atoms with Crippen molar-refractivity contribution in [2.24, 2.45) is 17.8 Å². The standard InChI is InChI=1S/C10H14O2/c1-5-3-7(11)9-6(5)4-8-10(9,2)12-8/h5-6,8-9H,3-4H2,1-2H3/t5-,6+,8?,9+,10?/m0/s1. The molecule has 0 aromatic carbocycles. The Labute approximate surface area is 72.3 Å². The Kier molecular flexibility index (Phi) is 1.04. The van der Waals surface area contributed by atoms with Crippen LogP contribution in [0, 0.1) is 17.8 Å². The van der Waals surface area contributed by atoms with Gasteiger partial charge in [-0.15, -0.1) is 0 Å². The molecule has 0 N–H and O–H groups in total. The smallest absolute Gasteiger partial charge is 0.139 e. The molecule has 5 atom stereocenters. The van der Waals surface area contributed by atoms with Gasteiger partial charge in [0.05, 0.1) is 12.0 Å².